The van der Waals surface area contributed by atoms with E-state index in [2.05, 4.69) is 20.9 Å². The van der Waals surface area contributed by atoms with Gasteiger partial charge < -0.3 is 14.6 Å². The monoisotopic (exact) mass is 228 g/mol. The fraction of sp³-hybridized carbons (Fsp3) is 0.333. The zero-order valence-corrected chi connectivity index (χ0v) is 9.31. The Labute approximate surface area is 98.6 Å². The Bertz CT molecular complexity index is 578. The van der Waals surface area contributed by atoms with E-state index in [9.17, 15) is 5.26 Å². The van der Waals surface area contributed by atoms with Crippen molar-refractivity contribution in [3.63, 3.8) is 0 Å². The molecule has 0 radical (unpaired) electrons. The van der Waals surface area contributed by atoms with E-state index in [1.165, 1.54) is 0 Å². The third-order valence-corrected chi connectivity index (χ3v) is 2.97. The molecule has 0 spiro atoms. The topological polar surface area (TPSA) is 64.9 Å². The van der Waals surface area contributed by atoms with Gasteiger partial charge in [-0.15, -0.1) is 0 Å². The molecule has 2 aromatic rings. The van der Waals surface area contributed by atoms with Crippen LogP contribution in [0.15, 0.2) is 18.3 Å². The molecule has 2 aromatic heterocycles. The molecule has 3 rings (SSSR count). The van der Waals surface area contributed by atoms with Crippen LogP contribution in [0.5, 0.6) is 0 Å². The number of anilines is 1. The molecular formula is C12H12N4O. The van der Waals surface area contributed by atoms with Gasteiger partial charge in [-0.2, -0.15) is 5.26 Å². The van der Waals surface area contributed by atoms with Gasteiger partial charge in [-0.05, 0) is 12.1 Å². The van der Waals surface area contributed by atoms with Crippen LogP contribution in [0.2, 0.25) is 0 Å². The first-order valence-corrected chi connectivity index (χ1v) is 5.59. The van der Waals surface area contributed by atoms with Gasteiger partial charge in [0, 0.05) is 19.3 Å². The lowest BCUT2D eigenvalue weighted by atomic mass is 10.2. The van der Waals surface area contributed by atoms with Crippen LogP contribution in [-0.4, -0.2) is 36.3 Å². The van der Waals surface area contributed by atoms with Crippen molar-refractivity contribution < 1.29 is 4.74 Å². The first kappa shape index (κ1) is 10.1. The summed E-state index contributed by atoms with van der Waals surface area (Å²) in [6.45, 7) is 3.02. The smallest absolute Gasteiger partial charge is 0.127 e. The minimum atomic E-state index is 0.627. The van der Waals surface area contributed by atoms with Gasteiger partial charge in [0.05, 0.1) is 18.7 Å². The highest BCUT2D eigenvalue weighted by Gasteiger charge is 2.19. The predicted molar refractivity (Wildman–Crippen MR) is 63.8 cm³/mol. The third-order valence-electron chi connectivity index (χ3n) is 2.97. The van der Waals surface area contributed by atoms with Crippen molar-refractivity contribution in [3.8, 4) is 6.07 Å². The van der Waals surface area contributed by atoms with E-state index in [4.69, 9.17) is 4.74 Å². The summed E-state index contributed by atoms with van der Waals surface area (Å²) in [4.78, 5) is 9.67. The van der Waals surface area contributed by atoms with Crippen molar-refractivity contribution in [2.24, 2.45) is 0 Å². The highest BCUT2D eigenvalue weighted by atomic mass is 16.5. The molecule has 0 saturated carbocycles. The molecular weight excluding hydrogens is 216 g/mol. The molecule has 0 aliphatic carbocycles. The van der Waals surface area contributed by atoms with E-state index in [0.29, 0.717) is 18.8 Å². The van der Waals surface area contributed by atoms with Gasteiger partial charge >= 0.3 is 0 Å². The number of nitrogens with one attached hydrogen (secondary N) is 1. The maximum Gasteiger partial charge on any atom is 0.127 e. The summed E-state index contributed by atoms with van der Waals surface area (Å²) in [5.74, 6) is 0.865. The second-order valence-corrected chi connectivity index (χ2v) is 3.96. The molecule has 5 heteroatoms. The number of hydrogen-bond acceptors (Lipinski definition) is 4. The van der Waals surface area contributed by atoms with Crippen molar-refractivity contribution in [3.05, 3.63) is 23.9 Å². The fourth-order valence-electron chi connectivity index (χ4n) is 2.14. The average molecular weight is 228 g/mol. The number of nitrogens with zero attached hydrogens (tertiary/aromatic N) is 3. The van der Waals surface area contributed by atoms with Crippen LogP contribution in [0.25, 0.3) is 11.0 Å². The van der Waals surface area contributed by atoms with Crippen LogP contribution in [-0.2, 0) is 4.74 Å². The minimum Gasteiger partial charge on any atom is -0.378 e. The number of aromatic nitrogens is 2. The second kappa shape index (κ2) is 4.07. The molecule has 1 fully saturated rings. The van der Waals surface area contributed by atoms with Crippen LogP contribution < -0.4 is 4.90 Å². The van der Waals surface area contributed by atoms with Gasteiger partial charge in [0.1, 0.15) is 23.0 Å². The standard InChI is InChI=1S/C12H12N4O/c13-8-9-11-10(2-1-3-14-11)15-12(9)16-4-6-17-7-5-16/h1-3,15H,4-7H2. The molecule has 0 amide bonds. The lowest BCUT2D eigenvalue weighted by Crippen LogP contribution is -2.36. The lowest BCUT2D eigenvalue weighted by molar-refractivity contribution is 0.122. The quantitative estimate of drug-likeness (QED) is 0.798. The number of H-pyrrole nitrogens is 1. The zero-order valence-electron chi connectivity index (χ0n) is 9.31. The van der Waals surface area contributed by atoms with Gasteiger partial charge in [0.15, 0.2) is 0 Å². The summed E-state index contributed by atoms with van der Waals surface area (Å²) in [6, 6.07) is 6.04. The molecule has 17 heavy (non-hydrogen) atoms. The Morgan fingerprint density at radius 1 is 1.41 bits per heavy atom. The molecule has 1 aliphatic rings. The van der Waals surface area contributed by atoms with Gasteiger partial charge in [-0.3, -0.25) is 4.98 Å². The molecule has 1 aliphatic heterocycles. The maximum absolute atomic E-state index is 9.27. The first-order valence-electron chi connectivity index (χ1n) is 5.59. The Morgan fingerprint density at radius 3 is 3.00 bits per heavy atom. The molecule has 1 N–H and O–H groups in total. The molecule has 0 atom stereocenters. The van der Waals surface area contributed by atoms with E-state index < -0.39 is 0 Å². The molecule has 0 unspecified atom stereocenters. The van der Waals surface area contributed by atoms with Crippen molar-refractivity contribution in [1.82, 2.24) is 9.97 Å². The Balaban J connectivity index is 2.12. The van der Waals surface area contributed by atoms with Crippen molar-refractivity contribution in [1.29, 1.82) is 5.26 Å². The van der Waals surface area contributed by atoms with Gasteiger partial charge in [0.2, 0.25) is 0 Å². The highest BCUT2D eigenvalue weighted by molar-refractivity contribution is 5.88. The van der Waals surface area contributed by atoms with Crippen LogP contribution >= 0.6 is 0 Å². The number of nitriles is 1. The number of pyridine rings is 1. The van der Waals surface area contributed by atoms with Crippen LogP contribution in [0.3, 0.4) is 0 Å². The zero-order chi connectivity index (χ0) is 11.7. The molecule has 5 nitrogen and oxygen atoms in total. The number of fused-ring (bicyclic) bond motifs is 1. The third kappa shape index (κ3) is 1.63. The summed E-state index contributed by atoms with van der Waals surface area (Å²) in [5.41, 5.74) is 2.28. The number of aromatic amines is 1. The molecule has 0 aromatic carbocycles. The van der Waals surface area contributed by atoms with E-state index in [0.717, 1.165) is 29.9 Å². The Morgan fingerprint density at radius 2 is 2.24 bits per heavy atom. The molecule has 1 saturated heterocycles. The van der Waals surface area contributed by atoms with E-state index in [-0.39, 0.29) is 0 Å². The van der Waals surface area contributed by atoms with Crippen molar-refractivity contribution in [2.45, 2.75) is 0 Å². The summed E-state index contributed by atoms with van der Waals surface area (Å²) < 4.78 is 5.31. The maximum atomic E-state index is 9.27. The van der Waals surface area contributed by atoms with Crippen molar-refractivity contribution >= 4 is 16.9 Å². The normalized spacial score (nSPS) is 16.1. The Hall–Kier alpha value is -2.06. The van der Waals surface area contributed by atoms with Crippen LogP contribution in [0.4, 0.5) is 5.82 Å². The van der Waals surface area contributed by atoms with Gasteiger partial charge in [-0.25, -0.2) is 0 Å². The Kier molecular flexibility index (Phi) is 2.42. The number of ether oxygens (including phenoxy) is 1. The number of hydrogen-bond donors (Lipinski definition) is 1. The molecule has 86 valence electrons. The summed E-state index contributed by atoms with van der Waals surface area (Å²) in [6.07, 6.45) is 1.71. The SMILES string of the molecule is N#Cc1c(N2CCOCC2)[nH]c2cccnc12. The van der Waals surface area contributed by atoms with Crippen molar-refractivity contribution in [2.75, 3.05) is 31.2 Å². The van der Waals surface area contributed by atoms with Gasteiger partial charge in [-0.1, -0.05) is 0 Å². The second-order valence-electron chi connectivity index (χ2n) is 3.96. The average Bonchev–Trinajstić information content (AvgIpc) is 2.78. The van der Waals surface area contributed by atoms with E-state index in [1.807, 2.05) is 12.1 Å². The van der Waals surface area contributed by atoms with Crippen LogP contribution in [0, 0.1) is 11.3 Å². The number of morpholine rings is 1. The fourth-order valence-corrected chi connectivity index (χ4v) is 2.14. The molecule has 3 heterocycles. The molecule has 0 bridgehead atoms. The largest absolute Gasteiger partial charge is 0.378 e. The van der Waals surface area contributed by atoms with Gasteiger partial charge in [0.25, 0.3) is 0 Å². The summed E-state index contributed by atoms with van der Waals surface area (Å²) >= 11 is 0. The van der Waals surface area contributed by atoms with Crippen LogP contribution in [0.1, 0.15) is 5.56 Å². The lowest BCUT2D eigenvalue weighted by Gasteiger charge is -2.27. The summed E-state index contributed by atoms with van der Waals surface area (Å²) in [7, 11) is 0. The first-order chi connectivity index (χ1) is 8.40. The summed E-state index contributed by atoms with van der Waals surface area (Å²) in [5, 5.41) is 9.27. The predicted octanol–water partition coefficient (Wildman–Crippen LogP) is 1.27. The van der Waals surface area contributed by atoms with E-state index >= 15 is 0 Å². The minimum absolute atomic E-state index is 0.627. The van der Waals surface area contributed by atoms with E-state index in [1.54, 1.807) is 6.20 Å². The highest BCUT2D eigenvalue weighted by Crippen LogP contribution is 2.27. The number of rotatable bonds is 1.